The second kappa shape index (κ2) is 14.6. The molecule has 0 radical (unpaired) electrons. The quantitative estimate of drug-likeness (QED) is 0.142. The molecule has 2 atom stereocenters. The van der Waals surface area contributed by atoms with E-state index in [0.29, 0.717) is 29.8 Å². The summed E-state index contributed by atoms with van der Waals surface area (Å²) in [5, 5.41) is 1.88. The Labute approximate surface area is 288 Å². The summed E-state index contributed by atoms with van der Waals surface area (Å²) in [5.41, 5.74) is 2.17. The fourth-order valence-corrected chi connectivity index (χ4v) is 5.65. The molecule has 1 aliphatic rings. The Morgan fingerprint density at radius 3 is 2.04 bits per heavy atom. The first kappa shape index (κ1) is 38.4. The summed E-state index contributed by atoms with van der Waals surface area (Å²) in [6, 6.07) is 12.1. The number of nitrogens with one attached hydrogen (secondary N) is 1. The molecule has 10 nitrogen and oxygen atoms in total. The number of Topliss-reactive ketones (excluding diaryl/α,β-unsaturated/α-hetero) is 1. The molecule has 1 heterocycles. The molecule has 2 aromatic rings. The van der Waals surface area contributed by atoms with E-state index in [1.165, 1.54) is 0 Å². The van der Waals surface area contributed by atoms with E-state index < -0.39 is 68.8 Å². The molecule has 11 heteroatoms. The number of amides is 2. The Balaban J connectivity index is 2.59. The average molecular weight is 682 g/mol. The summed E-state index contributed by atoms with van der Waals surface area (Å²) < 4.78 is 11.4. The van der Waals surface area contributed by atoms with E-state index >= 15 is 9.59 Å². The zero-order valence-electron chi connectivity index (χ0n) is 29.4. The molecule has 0 aliphatic carbocycles. The number of anilines is 1. The normalized spacial score (nSPS) is 15.9. The van der Waals surface area contributed by atoms with Crippen LogP contribution in [0.1, 0.15) is 98.3 Å². The number of ketones is 1. The molecule has 2 amide bonds. The lowest BCUT2D eigenvalue weighted by atomic mass is 9.60. The zero-order chi connectivity index (χ0) is 36.2. The highest BCUT2D eigenvalue weighted by atomic mass is 35.5. The lowest BCUT2D eigenvalue weighted by Crippen LogP contribution is -2.61. The van der Waals surface area contributed by atoms with E-state index in [0.717, 1.165) is 5.56 Å². The molecule has 0 fully saturated rings. The smallest absolute Gasteiger partial charge is 0.361 e. The lowest BCUT2D eigenvalue weighted by Gasteiger charge is -2.41. The van der Waals surface area contributed by atoms with Crippen LogP contribution in [0.15, 0.2) is 47.5 Å². The maximum absolute atomic E-state index is 15.1. The third-order valence-electron chi connectivity index (χ3n) is 9.20. The maximum Gasteiger partial charge on any atom is 0.361 e. The predicted molar refractivity (Wildman–Crippen MR) is 187 cm³/mol. The molecule has 0 bridgehead atoms. The van der Waals surface area contributed by atoms with Gasteiger partial charge in [0.1, 0.15) is 23.4 Å². The number of aliphatic imine (C=N–C) groups is 1. The van der Waals surface area contributed by atoms with Crippen LogP contribution in [0.4, 0.5) is 5.69 Å². The minimum absolute atomic E-state index is 0.00617. The number of carbonyl (C=O) groups is 5. The molecule has 0 spiro atoms. The van der Waals surface area contributed by atoms with Gasteiger partial charge in [0, 0.05) is 23.1 Å². The fraction of sp³-hybridized carbons (Fsp3) is 0.514. The predicted octanol–water partition coefficient (Wildman–Crippen LogP) is 5.94. The highest BCUT2D eigenvalue weighted by Gasteiger charge is 2.60. The Hall–Kier alpha value is -4.05. The number of halogens is 1. The van der Waals surface area contributed by atoms with Crippen LogP contribution in [0, 0.1) is 5.41 Å². The van der Waals surface area contributed by atoms with Gasteiger partial charge in [-0.25, -0.2) is 9.59 Å². The lowest BCUT2D eigenvalue weighted by molar-refractivity contribution is -0.156. The van der Waals surface area contributed by atoms with Gasteiger partial charge in [-0.3, -0.25) is 19.4 Å². The molecule has 2 unspecified atom stereocenters. The number of esters is 2. The largest absolute Gasteiger partial charge is 0.493 e. The Kier molecular flexibility index (Phi) is 11.7. The van der Waals surface area contributed by atoms with E-state index in [-0.39, 0.29) is 18.6 Å². The van der Waals surface area contributed by atoms with E-state index in [1.807, 2.05) is 33.8 Å². The number of para-hydroxylation sites is 1. The van der Waals surface area contributed by atoms with Crippen molar-refractivity contribution in [3.05, 3.63) is 59.2 Å². The van der Waals surface area contributed by atoms with Gasteiger partial charge in [-0.2, -0.15) is 0 Å². The molecule has 0 saturated heterocycles. The van der Waals surface area contributed by atoms with Crippen molar-refractivity contribution in [3.63, 3.8) is 0 Å². The van der Waals surface area contributed by atoms with Crippen LogP contribution >= 0.6 is 11.6 Å². The zero-order valence-corrected chi connectivity index (χ0v) is 30.2. The summed E-state index contributed by atoms with van der Waals surface area (Å²) >= 11 is 6.14. The first-order valence-corrected chi connectivity index (χ1v) is 16.6. The van der Waals surface area contributed by atoms with Crippen LogP contribution in [0.3, 0.4) is 0 Å². The molecule has 3 N–H and O–H groups in total. The van der Waals surface area contributed by atoms with Crippen molar-refractivity contribution in [1.29, 1.82) is 0 Å². The molecule has 48 heavy (non-hydrogen) atoms. The van der Waals surface area contributed by atoms with Gasteiger partial charge in [0.15, 0.2) is 11.2 Å². The van der Waals surface area contributed by atoms with Crippen LogP contribution in [0.2, 0.25) is 0 Å². The van der Waals surface area contributed by atoms with Crippen LogP contribution in [-0.2, 0) is 45.0 Å². The third-order valence-corrected chi connectivity index (χ3v) is 9.64. The Bertz CT molecular complexity index is 1610. The Morgan fingerprint density at radius 2 is 1.52 bits per heavy atom. The summed E-state index contributed by atoms with van der Waals surface area (Å²) in [4.78, 5) is 72.1. The molecular formula is C37H48ClN3O7. The minimum atomic E-state index is -2.39. The molecule has 0 aromatic heterocycles. The number of rotatable bonds is 14. The number of ether oxygens (including phenoxy) is 2. The summed E-state index contributed by atoms with van der Waals surface area (Å²) in [5.74, 6) is -3.91. The van der Waals surface area contributed by atoms with Crippen LogP contribution in [0.25, 0.3) is 0 Å². The van der Waals surface area contributed by atoms with Crippen molar-refractivity contribution in [3.8, 4) is 5.75 Å². The van der Waals surface area contributed by atoms with Gasteiger partial charge < -0.3 is 20.5 Å². The third kappa shape index (κ3) is 7.80. The molecule has 1 aliphatic heterocycles. The van der Waals surface area contributed by atoms with Crippen molar-refractivity contribution in [1.82, 2.24) is 0 Å². The second-order valence-corrected chi connectivity index (χ2v) is 15.0. The molecule has 2 aromatic carbocycles. The minimum Gasteiger partial charge on any atom is -0.493 e. The fourth-order valence-electron chi connectivity index (χ4n) is 5.56. The van der Waals surface area contributed by atoms with Crippen molar-refractivity contribution < 1.29 is 33.4 Å². The summed E-state index contributed by atoms with van der Waals surface area (Å²) in [6.07, 6.45) is 1.40. The standard InChI is InChI=1S/C37H48ClN3O7/c1-10-35(6,7)23-19-25(36(8,9)11-2)27(47-18-17-26(38)30(39)43)20-24(23)37(32(45)34(3,4)5,29-31(44)48-28(42)21-40-29)33(46)41-22-15-13-12-14-16-22/h12-16,19-20,26H,10-11,17-18,21H2,1-9H3,(H2,39,43)(H,41,46). The molecule has 0 saturated carbocycles. The van der Waals surface area contributed by atoms with Gasteiger partial charge in [-0.15, -0.1) is 11.6 Å². The number of cyclic esters (lactones) is 2. The van der Waals surface area contributed by atoms with Crippen molar-refractivity contribution >= 4 is 52.5 Å². The first-order chi connectivity index (χ1) is 22.2. The van der Waals surface area contributed by atoms with E-state index in [9.17, 15) is 14.4 Å². The van der Waals surface area contributed by atoms with Crippen molar-refractivity contribution in [2.24, 2.45) is 16.1 Å². The van der Waals surface area contributed by atoms with Gasteiger partial charge in [0.05, 0.1) is 6.61 Å². The van der Waals surface area contributed by atoms with E-state index in [2.05, 4.69) is 24.2 Å². The number of hydrogen-bond donors (Lipinski definition) is 2. The number of primary amides is 1. The average Bonchev–Trinajstić information content (AvgIpc) is 3.01. The molecule has 3 rings (SSSR count). The van der Waals surface area contributed by atoms with Gasteiger partial charge in [0.25, 0.3) is 0 Å². The summed E-state index contributed by atoms with van der Waals surface area (Å²) in [7, 11) is 0. The first-order valence-electron chi connectivity index (χ1n) is 16.2. The van der Waals surface area contributed by atoms with Gasteiger partial charge in [-0.1, -0.05) is 86.6 Å². The number of nitrogens with zero attached hydrogens (tertiary/aromatic N) is 1. The van der Waals surface area contributed by atoms with Crippen LogP contribution < -0.4 is 15.8 Å². The van der Waals surface area contributed by atoms with Crippen LogP contribution in [0.5, 0.6) is 5.75 Å². The maximum atomic E-state index is 15.1. The SMILES string of the molecule is CCC(C)(C)c1cc(C(C)(C)CC)c(C(C(=O)Nc2ccccc2)(C(=O)C(C)(C)C)C2=NCC(=O)OC2=O)cc1OCCC(Cl)C(N)=O. The van der Waals surface area contributed by atoms with Gasteiger partial charge >= 0.3 is 11.9 Å². The second-order valence-electron chi connectivity index (χ2n) is 14.5. The number of benzene rings is 2. The number of carbonyl (C=O) groups excluding carboxylic acids is 5. The number of hydrogen-bond acceptors (Lipinski definition) is 8. The summed E-state index contributed by atoms with van der Waals surface area (Å²) in [6.45, 7) is 16.5. The number of nitrogens with two attached hydrogens (primary N) is 1. The highest BCUT2D eigenvalue weighted by Crippen LogP contribution is 2.47. The topological polar surface area (TPSA) is 154 Å². The van der Waals surface area contributed by atoms with Gasteiger partial charge in [-0.05, 0) is 53.0 Å². The molecular weight excluding hydrogens is 634 g/mol. The highest BCUT2D eigenvalue weighted by molar-refractivity contribution is 6.54. The Morgan fingerprint density at radius 1 is 0.938 bits per heavy atom. The molecule has 260 valence electrons. The van der Waals surface area contributed by atoms with E-state index in [1.54, 1.807) is 57.2 Å². The van der Waals surface area contributed by atoms with Crippen LogP contribution in [-0.4, -0.2) is 53.8 Å². The van der Waals surface area contributed by atoms with E-state index in [4.69, 9.17) is 26.8 Å². The number of alkyl halides is 1. The monoisotopic (exact) mass is 681 g/mol. The van der Waals surface area contributed by atoms with Crippen molar-refractivity contribution in [2.45, 2.75) is 103 Å². The van der Waals surface area contributed by atoms with Crippen molar-refractivity contribution in [2.75, 3.05) is 18.5 Å². The van der Waals surface area contributed by atoms with Gasteiger partial charge in [0.2, 0.25) is 11.8 Å².